The van der Waals surface area contributed by atoms with Gasteiger partial charge in [-0.05, 0) is 69.5 Å². The minimum absolute atomic E-state index is 0.0463. The number of hydrogen-bond acceptors (Lipinski definition) is 5. The first-order valence-corrected chi connectivity index (χ1v) is 11.0. The number of ether oxygens (including phenoxy) is 1. The van der Waals surface area contributed by atoms with Crippen LogP contribution in [0, 0.1) is 20.8 Å². The first-order chi connectivity index (χ1) is 15.7. The van der Waals surface area contributed by atoms with E-state index in [0.717, 1.165) is 39.5 Å². The molecule has 0 fully saturated rings. The molecule has 2 amide bonds. The molecule has 0 aliphatic rings. The largest absolute Gasteiger partial charge is 0.491 e. The van der Waals surface area contributed by atoms with E-state index in [9.17, 15) is 9.59 Å². The van der Waals surface area contributed by atoms with Crippen LogP contribution >= 0.6 is 0 Å². The van der Waals surface area contributed by atoms with Gasteiger partial charge in [-0.3, -0.25) is 9.59 Å². The molecule has 0 saturated heterocycles. The van der Waals surface area contributed by atoms with E-state index < -0.39 is 6.04 Å². The molecule has 174 valence electrons. The Bertz CT molecular complexity index is 1110. The van der Waals surface area contributed by atoms with Crippen molar-refractivity contribution in [1.82, 2.24) is 15.8 Å². The molecule has 33 heavy (non-hydrogen) atoms. The van der Waals surface area contributed by atoms with Crippen LogP contribution in [-0.2, 0) is 11.2 Å². The molecule has 0 aliphatic heterocycles. The van der Waals surface area contributed by atoms with E-state index in [1.54, 1.807) is 25.2 Å². The first kappa shape index (κ1) is 24.0. The zero-order chi connectivity index (χ0) is 24.1. The number of likely N-dealkylation sites (N-methyl/N-ethyl adjacent to an activating group) is 1. The second-order valence-corrected chi connectivity index (χ2v) is 8.39. The molecule has 7 nitrogen and oxygen atoms in total. The number of nitrogens with one attached hydrogen (secondary N) is 2. The Kier molecular flexibility index (Phi) is 7.53. The predicted octanol–water partition coefficient (Wildman–Crippen LogP) is 4.14. The lowest BCUT2D eigenvalue weighted by atomic mass is 9.99. The van der Waals surface area contributed by atoms with Gasteiger partial charge in [0.15, 0.2) is 0 Å². The van der Waals surface area contributed by atoms with E-state index in [0.29, 0.717) is 12.0 Å². The van der Waals surface area contributed by atoms with Crippen LogP contribution in [0.5, 0.6) is 5.75 Å². The molecule has 3 rings (SSSR count). The topological polar surface area (TPSA) is 93.5 Å². The average molecular weight is 450 g/mol. The van der Waals surface area contributed by atoms with Crippen molar-refractivity contribution >= 4 is 11.8 Å². The van der Waals surface area contributed by atoms with Crippen molar-refractivity contribution in [2.45, 2.75) is 53.2 Å². The first-order valence-electron chi connectivity index (χ1n) is 11.0. The fraction of sp³-hybridized carbons (Fsp3) is 0.346. The summed E-state index contributed by atoms with van der Waals surface area (Å²) in [4.78, 5) is 25.4. The predicted molar refractivity (Wildman–Crippen MR) is 127 cm³/mol. The number of benzene rings is 2. The van der Waals surface area contributed by atoms with E-state index in [-0.39, 0.29) is 17.9 Å². The van der Waals surface area contributed by atoms with Gasteiger partial charge in [-0.2, -0.15) is 0 Å². The van der Waals surface area contributed by atoms with Crippen molar-refractivity contribution in [3.63, 3.8) is 0 Å². The summed E-state index contributed by atoms with van der Waals surface area (Å²) in [5.74, 6) is 0.934. The number of aryl methyl sites for hydroxylation is 3. The molecule has 0 aliphatic carbocycles. The summed E-state index contributed by atoms with van der Waals surface area (Å²) in [6, 6.07) is 12.4. The quantitative estimate of drug-likeness (QED) is 0.539. The maximum absolute atomic E-state index is 12.9. The van der Waals surface area contributed by atoms with Crippen LogP contribution in [0.4, 0.5) is 0 Å². The third kappa shape index (κ3) is 5.80. The van der Waals surface area contributed by atoms with Crippen LogP contribution in [0.2, 0.25) is 0 Å². The number of carbonyl (C=O) groups is 2. The van der Waals surface area contributed by atoms with Gasteiger partial charge in [0.2, 0.25) is 5.91 Å². The maximum atomic E-state index is 12.9. The fourth-order valence-electron chi connectivity index (χ4n) is 3.74. The second kappa shape index (κ2) is 10.3. The van der Waals surface area contributed by atoms with Crippen molar-refractivity contribution in [3.05, 3.63) is 70.6 Å². The van der Waals surface area contributed by atoms with Crippen molar-refractivity contribution in [3.8, 4) is 16.9 Å². The molecule has 0 radical (unpaired) electrons. The SMILES string of the molecule is CNC(=O)C(Cc1ccc(-c2c(C)noc2C)cc1)NC(=O)c1ccc(OC(C)C)c(C)c1. The van der Waals surface area contributed by atoms with Crippen molar-refractivity contribution in [2.24, 2.45) is 0 Å². The van der Waals surface area contributed by atoms with Gasteiger partial charge < -0.3 is 19.9 Å². The zero-order valence-corrected chi connectivity index (χ0v) is 20.0. The molecule has 0 saturated carbocycles. The normalized spacial score (nSPS) is 11.8. The Morgan fingerprint density at radius 2 is 1.76 bits per heavy atom. The summed E-state index contributed by atoms with van der Waals surface area (Å²) in [7, 11) is 1.56. The Hall–Kier alpha value is -3.61. The van der Waals surface area contributed by atoms with Crippen LogP contribution in [-0.4, -0.2) is 36.2 Å². The Labute approximate surface area is 194 Å². The van der Waals surface area contributed by atoms with Gasteiger partial charge in [-0.25, -0.2) is 0 Å². The van der Waals surface area contributed by atoms with Crippen LogP contribution in [0.15, 0.2) is 47.0 Å². The van der Waals surface area contributed by atoms with Gasteiger partial charge >= 0.3 is 0 Å². The molecule has 2 N–H and O–H groups in total. The summed E-state index contributed by atoms with van der Waals surface area (Å²) in [5.41, 5.74) is 5.06. The highest BCUT2D eigenvalue weighted by atomic mass is 16.5. The lowest BCUT2D eigenvalue weighted by molar-refractivity contribution is -0.122. The molecule has 1 aromatic heterocycles. The van der Waals surface area contributed by atoms with Crippen LogP contribution in [0.3, 0.4) is 0 Å². The summed E-state index contributed by atoms with van der Waals surface area (Å²) in [5, 5.41) is 9.50. The van der Waals surface area contributed by atoms with Gasteiger partial charge in [0.05, 0.1) is 11.8 Å². The van der Waals surface area contributed by atoms with Gasteiger partial charge in [0.1, 0.15) is 17.6 Å². The Balaban J connectivity index is 1.75. The number of aromatic nitrogens is 1. The Morgan fingerprint density at radius 3 is 2.30 bits per heavy atom. The van der Waals surface area contributed by atoms with Gasteiger partial charge in [0.25, 0.3) is 5.91 Å². The Morgan fingerprint density at radius 1 is 1.06 bits per heavy atom. The number of hydrogen-bond donors (Lipinski definition) is 2. The highest BCUT2D eigenvalue weighted by Crippen LogP contribution is 2.27. The molecule has 2 aromatic carbocycles. The summed E-state index contributed by atoms with van der Waals surface area (Å²) >= 11 is 0. The zero-order valence-electron chi connectivity index (χ0n) is 20.0. The third-order valence-corrected chi connectivity index (χ3v) is 5.38. The lowest BCUT2D eigenvalue weighted by Gasteiger charge is -2.18. The standard InChI is InChI=1S/C26H31N3O4/c1-15(2)32-23-12-11-21(13-16(23)3)25(30)28-22(26(31)27-6)14-19-7-9-20(10-8-19)24-17(4)29-33-18(24)5/h7-13,15,22H,14H2,1-6H3,(H,27,31)(H,28,30). The summed E-state index contributed by atoms with van der Waals surface area (Å²) in [6.07, 6.45) is 0.408. The van der Waals surface area contributed by atoms with E-state index in [1.807, 2.05) is 58.9 Å². The molecular weight excluding hydrogens is 418 g/mol. The molecule has 1 heterocycles. The van der Waals surface area contributed by atoms with Gasteiger partial charge in [-0.15, -0.1) is 0 Å². The summed E-state index contributed by atoms with van der Waals surface area (Å²) in [6.45, 7) is 9.58. The van der Waals surface area contributed by atoms with Crippen LogP contribution < -0.4 is 15.4 Å². The van der Waals surface area contributed by atoms with Crippen molar-refractivity contribution in [2.75, 3.05) is 7.05 Å². The maximum Gasteiger partial charge on any atom is 0.251 e. The molecule has 0 spiro atoms. The van der Waals surface area contributed by atoms with Crippen LogP contribution in [0.1, 0.15) is 46.8 Å². The minimum atomic E-state index is -0.709. The van der Waals surface area contributed by atoms with Crippen molar-refractivity contribution in [1.29, 1.82) is 0 Å². The van der Waals surface area contributed by atoms with E-state index in [4.69, 9.17) is 9.26 Å². The monoisotopic (exact) mass is 449 g/mol. The van der Waals surface area contributed by atoms with Crippen molar-refractivity contribution < 1.29 is 18.8 Å². The number of rotatable bonds is 8. The lowest BCUT2D eigenvalue weighted by Crippen LogP contribution is -2.47. The highest BCUT2D eigenvalue weighted by molar-refractivity contribution is 5.97. The molecule has 1 unspecified atom stereocenters. The minimum Gasteiger partial charge on any atom is -0.491 e. The summed E-state index contributed by atoms with van der Waals surface area (Å²) < 4.78 is 11.0. The van der Waals surface area contributed by atoms with Gasteiger partial charge in [0, 0.05) is 24.6 Å². The average Bonchev–Trinajstić information content (AvgIpc) is 3.12. The molecule has 1 atom stereocenters. The number of nitrogens with zero attached hydrogens (tertiary/aromatic N) is 1. The molecular formula is C26H31N3O4. The van der Waals surface area contributed by atoms with E-state index in [2.05, 4.69) is 15.8 Å². The van der Waals surface area contributed by atoms with E-state index >= 15 is 0 Å². The molecule has 7 heteroatoms. The smallest absolute Gasteiger partial charge is 0.251 e. The molecule has 0 bridgehead atoms. The van der Waals surface area contributed by atoms with E-state index in [1.165, 1.54) is 0 Å². The van der Waals surface area contributed by atoms with Gasteiger partial charge in [-0.1, -0.05) is 29.4 Å². The third-order valence-electron chi connectivity index (χ3n) is 5.38. The molecule has 3 aromatic rings. The highest BCUT2D eigenvalue weighted by Gasteiger charge is 2.22. The fourth-order valence-corrected chi connectivity index (χ4v) is 3.74. The number of carbonyl (C=O) groups excluding carboxylic acids is 2. The van der Waals surface area contributed by atoms with Crippen LogP contribution in [0.25, 0.3) is 11.1 Å². The second-order valence-electron chi connectivity index (χ2n) is 8.39. The number of amides is 2.